The summed E-state index contributed by atoms with van der Waals surface area (Å²) in [5.74, 6) is 0.0965. The van der Waals surface area contributed by atoms with Crippen LogP contribution in [0.2, 0.25) is 0 Å². The van der Waals surface area contributed by atoms with Gasteiger partial charge in [-0.1, -0.05) is 18.6 Å². The normalized spacial score (nSPS) is 15.1. The zero-order chi connectivity index (χ0) is 20.2. The Bertz CT molecular complexity index is 551. The average molecular weight is 392 g/mol. The molecule has 6 heteroatoms. The summed E-state index contributed by atoms with van der Waals surface area (Å²) < 4.78 is 10.4. The Morgan fingerprint density at radius 3 is 2.14 bits per heavy atom. The summed E-state index contributed by atoms with van der Waals surface area (Å²) in [7, 11) is 5.34. The van der Waals surface area contributed by atoms with Crippen LogP contribution in [-0.2, 0) is 16.0 Å². The second-order valence-corrected chi connectivity index (χ2v) is 7.59. The molecule has 1 aromatic carbocycles. The third-order valence-electron chi connectivity index (χ3n) is 5.38. The van der Waals surface area contributed by atoms with Crippen molar-refractivity contribution in [1.82, 2.24) is 14.7 Å². The second-order valence-electron chi connectivity index (χ2n) is 7.59. The van der Waals surface area contributed by atoms with E-state index in [2.05, 4.69) is 21.9 Å². The molecule has 0 saturated carbocycles. The lowest BCUT2D eigenvalue weighted by Crippen LogP contribution is -2.38. The van der Waals surface area contributed by atoms with Crippen LogP contribution in [0.3, 0.4) is 0 Å². The lowest BCUT2D eigenvalue weighted by Gasteiger charge is -2.28. The van der Waals surface area contributed by atoms with E-state index < -0.39 is 0 Å². The van der Waals surface area contributed by atoms with E-state index in [0.29, 0.717) is 13.2 Å². The van der Waals surface area contributed by atoms with E-state index in [1.165, 1.54) is 37.9 Å². The summed E-state index contributed by atoms with van der Waals surface area (Å²) in [6, 6.07) is 8.00. The molecule has 28 heavy (non-hydrogen) atoms. The van der Waals surface area contributed by atoms with E-state index in [1.54, 1.807) is 14.2 Å². The number of methoxy groups -OCH3 is 2. The lowest BCUT2D eigenvalue weighted by atomic mass is 10.1. The van der Waals surface area contributed by atoms with Gasteiger partial charge in [0, 0.05) is 59.6 Å². The van der Waals surface area contributed by atoms with E-state index in [4.69, 9.17) is 9.47 Å². The largest absolute Gasteiger partial charge is 0.383 e. The smallest absolute Gasteiger partial charge is 0.253 e. The van der Waals surface area contributed by atoms with E-state index in [1.807, 2.05) is 24.1 Å². The van der Waals surface area contributed by atoms with Crippen LogP contribution in [0.1, 0.15) is 35.2 Å². The molecule has 1 saturated heterocycles. The number of likely N-dealkylation sites (tertiary alicyclic amines) is 1. The van der Waals surface area contributed by atoms with E-state index in [0.717, 1.165) is 38.3 Å². The Labute approximate surface area is 170 Å². The number of carbonyl (C=O) groups is 1. The van der Waals surface area contributed by atoms with Gasteiger partial charge in [0.05, 0.1) is 13.2 Å². The van der Waals surface area contributed by atoms with Gasteiger partial charge in [-0.2, -0.15) is 0 Å². The Morgan fingerprint density at radius 1 is 0.964 bits per heavy atom. The van der Waals surface area contributed by atoms with Crippen LogP contribution in [0.4, 0.5) is 0 Å². The number of piperidine rings is 1. The molecule has 0 atom stereocenters. The predicted molar refractivity (Wildman–Crippen MR) is 113 cm³/mol. The molecule has 2 rings (SSSR count). The molecule has 1 aliphatic rings. The number of benzene rings is 1. The van der Waals surface area contributed by atoms with Crippen molar-refractivity contribution in [3.63, 3.8) is 0 Å². The quantitative estimate of drug-likeness (QED) is 0.547. The standard InChI is InChI=1S/C22H37N3O3/c1-23(13-14-24-11-5-4-6-12-24)22(26)21-9-7-20(8-10-21)19-25(15-17-27-2)16-18-28-3/h7-10H,4-6,11-19H2,1-3H3. The number of likely N-dealkylation sites (N-methyl/N-ethyl adjacent to an activating group) is 1. The van der Waals surface area contributed by atoms with Crippen molar-refractivity contribution in [2.24, 2.45) is 0 Å². The van der Waals surface area contributed by atoms with Gasteiger partial charge in [0.25, 0.3) is 5.91 Å². The Morgan fingerprint density at radius 2 is 1.57 bits per heavy atom. The Hall–Kier alpha value is -1.47. The fourth-order valence-corrected chi connectivity index (χ4v) is 3.52. The fourth-order valence-electron chi connectivity index (χ4n) is 3.52. The minimum absolute atomic E-state index is 0.0965. The van der Waals surface area contributed by atoms with Gasteiger partial charge >= 0.3 is 0 Å². The number of amides is 1. The van der Waals surface area contributed by atoms with Crippen molar-refractivity contribution in [2.45, 2.75) is 25.8 Å². The van der Waals surface area contributed by atoms with Crippen LogP contribution >= 0.6 is 0 Å². The molecule has 0 unspecified atom stereocenters. The first-order valence-electron chi connectivity index (χ1n) is 10.4. The Balaban J connectivity index is 1.84. The Kier molecular flexibility index (Phi) is 10.5. The van der Waals surface area contributed by atoms with Crippen molar-refractivity contribution < 1.29 is 14.3 Å². The molecular weight excluding hydrogens is 354 g/mol. The highest BCUT2D eigenvalue weighted by Crippen LogP contribution is 2.11. The maximum atomic E-state index is 12.7. The first-order chi connectivity index (χ1) is 13.6. The molecule has 0 aromatic heterocycles. The lowest BCUT2D eigenvalue weighted by molar-refractivity contribution is 0.0773. The molecule has 158 valence electrons. The molecular formula is C22H37N3O3. The first kappa shape index (κ1) is 22.8. The summed E-state index contributed by atoms with van der Waals surface area (Å²) in [6.07, 6.45) is 3.90. The molecule has 6 nitrogen and oxygen atoms in total. The molecule has 1 aliphatic heterocycles. The van der Waals surface area contributed by atoms with Crippen molar-refractivity contribution in [3.8, 4) is 0 Å². The van der Waals surface area contributed by atoms with Crippen LogP contribution in [0.25, 0.3) is 0 Å². The van der Waals surface area contributed by atoms with Crippen molar-refractivity contribution in [3.05, 3.63) is 35.4 Å². The minimum Gasteiger partial charge on any atom is -0.383 e. The van der Waals surface area contributed by atoms with E-state index >= 15 is 0 Å². The highest BCUT2D eigenvalue weighted by atomic mass is 16.5. The average Bonchev–Trinajstić information content (AvgIpc) is 2.74. The topological polar surface area (TPSA) is 45.3 Å². The first-order valence-corrected chi connectivity index (χ1v) is 10.4. The molecule has 0 N–H and O–H groups in total. The zero-order valence-corrected chi connectivity index (χ0v) is 17.9. The van der Waals surface area contributed by atoms with E-state index in [-0.39, 0.29) is 5.91 Å². The molecule has 1 heterocycles. The minimum atomic E-state index is 0.0965. The van der Waals surface area contributed by atoms with Crippen LogP contribution in [-0.4, -0.2) is 94.4 Å². The molecule has 1 fully saturated rings. The van der Waals surface area contributed by atoms with Gasteiger partial charge in [-0.3, -0.25) is 9.69 Å². The highest BCUT2D eigenvalue weighted by Gasteiger charge is 2.15. The van der Waals surface area contributed by atoms with Crippen LogP contribution in [0, 0.1) is 0 Å². The molecule has 0 radical (unpaired) electrons. The number of ether oxygens (including phenoxy) is 2. The fraction of sp³-hybridized carbons (Fsp3) is 0.682. The maximum absolute atomic E-state index is 12.7. The number of nitrogens with zero attached hydrogens (tertiary/aromatic N) is 3. The number of hydrogen-bond acceptors (Lipinski definition) is 5. The van der Waals surface area contributed by atoms with Crippen LogP contribution in [0.15, 0.2) is 24.3 Å². The van der Waals surface area contributed by atoms with Gasteiger partial charge in [-0.15, -0.1) is 0 Å². The predicted octanol–water partition coefficient (Wildman–Crippen LogP) is 2.34. The van der Waals surface area contributed by atoms with Gasteiger partial charge in [0.15, 0.2) is 0 Å². The summed E-state index contributed by atoms with van der Waals surface area (Å²) in [5.41, 5.74) is 1.95. The van der Waals surface area contributed by atoms with Gasteiger partial charge in [0.1, 0.15) is 0 Å². The number of hydrogen-bond donors (Lipinski definition) is 0. The SMILES string of the molecule is COCCN(CCOC)Cc1ccc(C(=O)N(C)CCN2CCCCC2)cc1. The maximum Gasteiger partial charge on any atom is 0.253 e. The number of carbonyl (C=O) groups excluding carboxylic acids is 1. The summed E-state index contributed by atoms with van der Waals surface area (Å²) in [4.78, 5) is 19.3. The number of rotatable bonds is 12. The van der Waals surface area contributed by atoms with Gasteiger partial charge < -0.3 is 19.3 Å². The van der Waals surface area contributed by atoms with Crippen molar-refractivity contribution >= 4 is 5.91 Å². The zero-order valence-electron chi connectivity index (χ0n) is 17.9. The third-order valence-corrected chi connectivity index (χ3v) is 5.38. The highest BCUT2D eigenvalue weighted by molar-refractivity contribution is 5.94. The summed E-state index contributed by atoms with van der Waals surface area (Å²) in [6.45, 7) is 8.02. The summed E-state index contributed by atoms with van der Waals surface area (Å²) in [5, 5.41) is 0. The molecule has 1 aromatic rings. The van der Waals surface area contributed by atoms with Crippen molar-refractivity contribution in [2.75, 3.05) is 73.7 Å². The monoisotopic (exact) mass is 391 g/mol. The van der Waals surface area contributed by atoms with Gasteiger partial charge in [-0.05, 0) is 43.6 Å². The van der Waals surface area contributed by atoms with Crippen LogP contribution < -0.4 is 0 Å². The van der Waals surface area contributed by atoms with Gasteiger partial charge in [0.2, 0.25) is 0 Å². The molecule has 0 bridgehead atoms. The molecule has 0 spiro atoms. The third kappa shape index (κ3) is 7.87. The molecule has 1 amide bonds. The molecule has 0 aliphatic carbocycles. The van der Waals surface area contributed by atoms with Gasteiger partial charge in [-0.25, -0.2) is 0 Å². The van der Waals surface area contributed by atoms with Crippen LogP contribution in [0.5, 0.6) is 0 Å². The second kappa shape index (κ2) is 12.9. The van der Waals surface area contributed by atoms with Crippen molar-refractivity contribution in [1.29, 1.82) is 0 Å². The summed E-state index contributed by atoms with van der Waals surface area (Å²) >= 11 is 0. The van der Waals surface area contributed by atoms with E-state index in [9.17, 15) is 4.79 Å².